The molecule has 4 nitrogen and oxygen atoms in total. The van der Waals surface area contributed by atoms with Gasteiger partial charge in [0.15, 0.2) is 0 Å². The SMILES string of the molecule is C[C@@H]1C[C@H](O)C[C@H]2CCC(=O)[C@]21C.C[C@H]1C[C@@H](O)C[C@@H]2CCC(=O)[C@@]21C. The quantitative estimate of drug-likeness (QED) is 0.689. The number of hydrogen-bond donors (Lipinski definition) is 2. The molecule has 0 aromatic rings. The summed E-state index contributed by atoms with van der Waals surface area (Å²) >= 11 is 0. The highest BCUT2D eigenvalue weighted by Crippen LogP contribution is 2.53. The molecule has 0 heterocycles. The Kier molecular flexibility index (Phi) is 5.40. The molecule has 0 aromatic carbocycles. The second-order valence-corrected chi connectivity index (χ2v) is 9.94. The summed E-state index contributed by atoms with van der Waals surface area (Å²) in [7, 11) is 0. The van der Waals surface area contributed by atoms with Crippen molar-refractivity contribution in [3.8, 4) is 0 Å². The molecule has 0 aliphatic heterocycles. The molecule has 4 saturated carbocycles. The van der Waals surface area contributed by atoms with Gasteiger partial charge >= 0.3 is 0 Å². The Bertz CT molecular complexity index is 522. The van der Waals surface area contributed by atoms with Crippen molar-refractivity contribution >= 4 is 11.6 Å². The molecule has 2 N–H and O–H groups in total. The minimum Gasteiger partial charge on any atom is -0.393 e. The van der Waals surface area contributed by atoms with Crippen molar-refractivity contribution in [2.75, 3.05) is 0 Å². The van der Waals surface area contributed by atoms with E-state index >= 15 is 0 Å². The highest BCUT2D eigenvalue weighted by Gasteiger charge is 2.53. The summed E-state index contributed by atoms with van der Waals surface area (Å²) < 4.78 is 0. The topological polar surface area (TPSA) is 74.6 Å². The summed E-state index contributed by atoms with van der Waals surface area (Å²) in [6, 6.07) is 0. The molecule has 0 saturated heterocycles. The van der Waals surface area contributed by atoms with E-state index in [9.17, 15) is 19.8 Å². The fourth-order valence-electron chi connectivity index (χ4n) is 6.44. The van der Waals surface area contributed by atoms with Crippen LogP contribution in [0.4, 0.5) is 0 Å². The van der Waals surface area contributed by atoms with Crippen molar-refractivity contribution in [2.45, 2.75) is 91.3 Å². The van der Waals surface area contributed by atoms with Gasteiger partial charge in [0.05, 0.1) is 12.2 Å². The predicted octanol–water partition coefficient (Wildman–Crippen LogP) is 3.53. The van der Waals surface area contributed by atoms with Gasteiger partial charge in [0, 0.05) is 23.7 Å². The van der Waals surface area contributed by atoms with Gasteiger partial charge in [-0.3, -0.25) is 9.59 Å². The molecule has 4 rings (SSSR count). The fourth-order valence-corrected chi connectivity index (χ4v) is 6.44. The molecule has 4 aliphatic carbocycles. The van der Waals surface area contributed by atoms with E-state index in [4.69, 9.17) is 0 Å². The summed E-state index contributed by atoms with van der Waals surface area (Å²) in [5.41, 5.74) is -0.224. The monoisotopic (exact) mass is 364 g/mol. The lowest BCUT2D eigenvalue weighted by atomic mass is 9.62. The Morgan fingerprint density at radius 3 is 1.42 bits per heavy atom. The van der Waals surface area contributed by atoms with E-state index in [1.54, 1.807) is 0 Å². The van der Waals surface area contributed by atoms with E-state index in [-0.39, 0.29) is 23.0 Å². The van der Waals surface area contributed by atoms with Gasteiger partial charge in [-0.25, -0.2) is 0 Å². The third-order valence-corrected chi connectivity index (χ3v) is 8.75. The van der Waals surface area contributed by atoms with Gasteiger partial charge in [-0.2, -0.15) is 0 Å². The normalized spacial score (nSPS) is 50.7. The van der Waals surface area contributed by atoms with Crippen molar-refractivity contribution < 1.29 is 19.8 Å². The summed E-state index contributed by atoms with van der Waals surface area (Å²) in [4.78, 5) is 23.5. The first-order chi connectivity index (χ1) is 12.1. The zero-order chi connectivity index (χ0) is 19.3. The summed E-state index contributed by atoms with van der Waals surface area (Å²) in [5, 5.41) is 19.2. The highest BCUT2D eigenvalue weighted by molar-refractivity contribution is 5.87. The van der Waals surface area contributed by atoms with Crippen molar-refractivity contribution in [3.05, 3.63) is 0 Å². The number of aliphatic hydroxyl groups is 2. The maximum atomic E-state index is 11.8. The standard InChI is InChI=1S/2C11H18O2/c2*1-7-5-9(12)6-8-3-4-10(13)11(7,8)2/h2*7-9,12H,3-6H2,1-2H3/t2*7-,8-,9+,11+/m10/s1. The van der Waals surface area contributed by atoms with Crippen LogP contribution in [-0.4, -0.2) is 34.0 Å². The molecule has 0 amide bonds. The average molecular weight is 365 g/mol. The second kappa shape index (κ2) is 7.01. The Morgan fingerprint density at radius 1 is 0.731 bits per heavy atom. The van der Waals surface area contributed by atoms with Gasteiger partial charge in [-0.05, 0) is 62.2 Å². The van der Waals surface area contributed by atoms with E-state index in [1.165, 1.54) is 0 Å². The fraction of sp³-hybridized carbons (Fsp3) is 0.909. The molecule has 0 unspecified atom stereocenters. The molecule has 8 atom stereocenters. The maximum Gasteiger partial charge on any atom is 0.139 e. The van der Waals surface area contributed by atoms with E-state index in [2.05, 4.69) is 27.7 Å². The molecule has 4 heteroatoms. The number of Topliss-reactive ketones (excluding diaryl/α,β-unsaturated/α-hetero) is 2. The molecule has 26 heavy (non-hydrogen) atoms. The Hall–Kier alpha value is -0.740. The van der Waals surface area contributed by atoms with Crippen LogP contribution in [0.3, 0.4) is 0 Å². The zero-order valence-electron chi connectivity index (χ0n) is 16.8. The molecule has 0 aromatic heterocycles. The van der Waals surface area contributed by atoms with Crippen molar-refractivity contribution in [1.82, 2.24) is 0 Å². The second-order valence-electron chi connectivity index (χ2n) is 9.94. The van der Waals surface area contributed by atoms with Crippen molar-refractivity contribution in [3.63, 3.8) is 0 Å². The van der Waals surface area contributed by atoms with Gasteiger partial charge in [-0.15, -0.1) is 0 Å². The van der Waals surface area contributed by atoms with E-state index < -0.39 is 0 Å². The smallest absolute Gasteiger partial charge is 0.139 e. The van der Waals surface area contributed by atoms with Crippen LogP contribution in [0.1, 0.15) is 79.1 Å². The number of carbonyl (C=O) groups is 2. The lowest BCUT2D eigenvalue weighted by Gasteiger charge is -2.42. The Labute approximate surface area is 157 Å². The Morgan fingerprint density at radius 2 is 1.08 bits per heavy atom. The third kappa shape index (κ3) is 3.07. The van der Waals surface area contributed by atoms with Gasteiger partial charge < -0.3 is 10.2 Å². The third-order valence-electron chi connectivity index (χ3n) is 8.75. The summed E-state index contributed by atoms with van der Waals surface area (Å²) in [6.45, 7) is 8.42. The first-order valence-electron chi connectivity index (χ1n) is 10.5. The van der Waals surface area contributed by atoms with Gasteiger partial charge in [0.2, 0.25) is 0 Å². The van der Waals surface area contributed by atoms with E-state index in [0.29, 0.717) is 35.2 Å². The minimum absolute atomic E-state index is 0.112. The molecule has 0 radical (unpaired) electrons. The van der Waals surface area contributed by atoms with Crippen LogP contribution in [0.2, 0.25) is 0 Å². The summed E-state index contributed by atoms with van der Waals surface area (Å²) in [5.74, 6) is 2.46. The molecular weight excluding hydrogens is 328 g/mol. The van der Waals surface area contributed by atoms with Crippen LogP contribution < -0.4 is 0 Å². The van der Waals surface area contributed by atoms with Crippen LogP contribution in [-0.2, 0) is 9.59 Å². The number of fused-ring (bicyclic) bond motifs is 2. The van der Waals surface area contributed by atoms with Crippen LogP contribution >= 0.6 is 0 Å². The van der Waals surface area contributed by atoms with Crippen LogP contribution in [0.25, 0.3) is 0 Å². The van der Waals surface area contributed by atoms with E-state index in [0.717, 1.165) is 51.4 Å². The Balaban J connectivity index is 0.000000151. The van der Waals surface area contributed by atoms with Gasteiger partial charge in [0.1, 0.15) is 11.6 Å². The molecule has 4 fully saturated rings. The maximum absolute atomic E-state index is 11.8. The largest absolute Gasteiger partial charge is 0.393 e. The van der Waals surface area contributed by atoms with Gasteiger partial charge in [0.25, 0.3) is 0 Å². The molecule has 148 valence electrons. The zero-order valence-corrected chi connectivity index (χ0v) is 16.8. The first kappa shape index (κ1) is 20.0. The number of aliphatic hydroxyl groups excluding tert-OH is 2. The molecule has 0 bridgehead atoms. The number of ketones is 2. The van der Waals surface area contributed by atoms with Crippen molar-refractivity contribution in [1.29, 1.82) is 0 Å². The first-order valence-corrected chi connectivity index (χ1v) is 10.5. The number of hydrogen-bond acceptors (Lipinski definition) is 4. The van der Waals surface area contributed by atoms with Crippen LogP contribution in [0.5, 0.6) is 0 Å². The average Bonchev–Trinajstić information content (AvgIpc) is 3.02. The van der Waals surface area contributed by atoms with Crippen LogP contribution in [0, 0.1) is 34.5 Å². The predicted molar refractivity (Wildman–Crippen MR) is 100 cm³/mol. The lowest BCUT2D eigenvalue weighted by Crippen LogP contribution is -2.43. The number of rotatable bonds is 0. The molecular formula is C22H36O4. The molecule has 0 spiro atoms. The highest BCUT2D eigenvalue weighted by atomic mass is 16.3. The minimum atomic E-state index is -0.168. The molecule has 4 aliphatic rings. The lowest BCUT2D eigenvalue weighted by molar-refractivity contribution is -0.133. The summed E-state index contributed by atoms with van der Waals surface area (Å²) in [6.07, 6.45) is 6.42. The van der Waals surface area contributed by atoms with Crippen molar-refractivity contribution in [2.24, 2.45) is 34.5 Å². The van der Waals surface area contributed by atoms with Gasteiger partial charge in [-0.1, -0.05) is 27.7 Å². The number of carbonyl (C=O) groups excluding carboxylic acids is 2. The van der Waals surface area contributed by atoms with Crippen LogP contribution in [0.15, 0.2) is 0 Å². The van der Waals surface area contributed by atoms with E-state index in [1.807, 2.05) is 0 Å².